The third-order valence-electron chi connectivity index (χ3n) is 9.57. The zero-order chi connectivity index (χ0) is 37.3. The second kappa shape index (κ2) is 18.3. The van der Waals surface area contributed by atoms with Crippen LogP contribution in [0.3, 0.4) is 0 Å². The van der Waals surface area contributed by atoms with Gasteiger partial charge in [0.15, 0.2) is 23.5 Å². The van der Waals surface area contributed by atoms with Crippen molar-refractivity contribution in [3.05, 3.63) is 41.7 Å². The van der Waals surface area contributed by atoms with E-state index in [1.807, 2.05) is 65.8 Å². The van der Waals surface area contributed by atoms with Crippen molar-refractivity contribution in [2.45, 2.75) is 98.0 Å². The maximum absolute atomic E-state index is 14.5. The van der Waals surface area contributed by atoms with Gasteiger partial charge in [0, 0.05) is 44.3 Å². The Morgan fingerprint density at radius 2 is 1.71 bits per heavy atom. The lowest BCUT2D eigenvalue weighted by Crippen LogP contribution is -2.48. The molecular weight excluding hydrogens is 664 g/mol. The molecule has 2 aliphatic rings. The Balaban J connectivity index is 1.40. The topological polar surface area (TPSA) is 125 Å². The molecule has 0 aliphatic carbocycles. The summed E-state index contributed by atoms with van der Waals surface area (Å²) in [6.07, 6.45) is 4.62. The van der Waals surface area contributed by atoms with Crippen LogP contribution in [-0.4, -0.2) is 104 Å². The summed E-state index contributed by atoms with van der Waals surface area (Å²) in [6.45, 7) is 17.2. The first kappa shape index (κ1) is 39.3. The maximum Gasteiger partial charge on any atom is 0.410 e. The van der Waals surface area contributed by atoms with Gasteiger partial charge < -0.3 is 43.2 Å². The van der Waals surface area contributed by atoms with Gasteiger partial charge in [0.05, 0.1) is 30.8 Å². The summed E-state index contributed by atoms with van der Waals surface area (Å²) in [5.41, 5.74) is 0.992. The Labute approximate surface area is 308 Å². The fraction of sp³-hybridized carbons (Fsp3) is 0.625. The minimum Gasteiger partial charge on any atom is -0.493 e. The molecule has 286 valence electrons. The zero-order valence-electron chi connectivity index (χ0n) is 32.1. The van der Waals surface area contributed by atoms with Crippen LogP contribution in [0.4, 0.5) is 4.79 Å². The number of hydrogen-bond donors (Lipinski definition) is 1. The van der Waals surface area contributed by atoms with Crippen molar-refractivity contribution in [1.82, 2.24) is 20.1 Å². The van der Waals surface area contributed by atoms with Crippen molar-refractivity contribution < 1.29 is 37.7 Å². The van der Waals surface area contributed by atoms with Crippen LogP contribution in [0.2, 0.25) is 0 Å². The first-order valence-electron chi connectivity index (χ1n) is 18.9. The van der Waals surface area contributed by atoms with Crippen molar-refractivity contribution in [2.24, 2.45) is 5.92 Å². The smallest absolute Gasteiger partial charge is 0.410 e. The number of piperidine rings is 1. The summed E-state index contributed by atoms with van der Waals surface area (Å²) >= 11 is 0. The van der Waals surface area contributed by atoms with E-state index in [4.69, 9.17) is 33.1 Å². The number of amides is 2. The molecule has 0 spiro atoms. The van der Waals surface area contributed by atoms with Gasteiger partial charge in [-0.15, -0.1) is 0 Å². The average Bonchev–Trinajstić information content (AvgIpc) is 3.80. The summed E-state index contributed by atoms with van der Waals surface area (Å²) in [4.78, 5) is 36.4. The molecule has 2 aromatic heterocycles. The predicted octanol–water partition coefficient (Wildman–Crippen LogP) is 7.21. The number of fused-ring (bicyclic) bond motifs is 1. The largest absolute Gasteiger partial charge is 0.493 e. The molecule has 2 saturated heterocycles. The quantitative estimate of drug-likeness (QED) is 0.120. The highest BCUT2D eigenvalue weighted by molar-refractivity contribution is 6.08. The summed E-state index contributed by atoms with van der Waals surface area (Å²) in [6, 6.07) is 8.72. The molecule has 0 saturated carbocycles. The van der Waals surface area contributed by atoms with Crippen LogP contribution in [0, 0.1) is 12.8 Å². The molecule has 2 aliphatic heterocycles. The normalized spacial score (nSPS) is 16.4. The zero-order valence-corrected chi connectivity index (χ0v) is 32.1. The molecule has 12 nitrogen and oxygen atoms in total. The number of carbonyl (C=O) groups excluding carboxylic acids is 2. The summed E-state index contributed by atoms with van der Waals surface area (Å²) in [5.74, 6) is 2.35. The number of benzene rings is 1. The maximum atomic E-state index is 14.5. The molecule has 1 unspecified atom stereocenters. The standard InChI is InChI=1S/C40H58N4O8/c1-8-48-38(49-9-2)33(23-28-15-20-44(21-16-28)39(46)52-40(4,5)6)42-37(45)30-24-32(34-14-13-27(3)51-34)41-31-26-36(35(47-7)25-29(30)31)50-22-12-19-43-17-10-11-18-43/h13-14,24-26,28,33,38H,8-12,15-23H2,1-7H3,(H,42,45). The molecule has 4 heterocycles. The number of nitrogens with zero attached hydrogens (tertiary/aromatic N) is 3. The number of rotatable bonds is 16. The number of methoxy groups -OCH3 is 1. The lowest BCUT2D eigenvalue weighted by atomic mass is 9.89. The van der Waals surface area contributed by atoms with Gasteiger partial charge in [-0.1, -0.05) is 0 Å². The van der Waals surface area contributed by atoms with Crippen molar-refractivity contribution >= 4 is 22.9 Å². The first-order valence-corrected chi connectivity index (χ1v) is 18.9. The van der Waals surface area contributed by atoms with Gasteiger partial charge in [0.1, 0.15) is 17.1 Å². The number of likely N-dealkylation sites (tertiary alicyclic amines) is 2. The lowest BCUT2D eigenvalue weighted by Gasteiger charge is -2.36. The van der Waals surface area contributed by atoms with Crippen molar-refractivity contribution in [3.63, 3.8) is 0 Å². The summed E-state index contributed by atoms with van der Waals surface area (Å²) < 4.78 is 35.7. The predicted molar refractivity (Wildman–Crippen MR) is 200 cm³/mol. The number of ether oxygens (including phenoxy) is 5. The fourth-order valence-electron chi connectivity index (χ4n) is 7.00. The minimum atomic E-state index is -0.654. The number of furan rings is 1. The van der Waals surface area contributed by atoms with E-state index >= 15 is 0 Å². The summed E-state index contributed by atoms with van der Waals surface area (Å²) in [5, 5.41) is 3.91. The molecule has 3 aromatic rings. The monoisotopic (exact) mass is 722 g/mol. The molecule has 12 heteroatoms. The first-order chi connectivity index (χ1) is 25.0. The minimum absolute atomic E-state index is 0.230. The van der Waals surface area contributed by atoms with Gasteiger partial charge in [-0.25, -0.2) is 9.78 Å². The number of nitrogens with one attached hydrogen (secondary N) is 1. The average molecular weight is 723 g/mol. The Hall–Kier alpha value is -3.87. The van der Waals surface area contributed by atoms with E-state index < -0.39 is 17.9 Å². The molecule has 1 N–H and O–H groups in total. The highest BCUT2D eigenvalue weighted by Gasteiger charge is 2.33. The third-order valence-corrected chi connectivity index (χ3v) is 9.57. The van der Waals surface area contributed by atoms with E-state index in [9.17, 15) is 9.59 Å². The molecule has 1 atom stereocenters. The van der Waals surface area contributed by atoms with Crippen molar-refractivity contribution in [3.8, 4) is 23.0 Å². The van der Waals surface area contributed by atoms with Gasteiger partial charge in [-0.3, -0.25) is 4.79 Å². The van der Waals surface area contributed by atoms with Gasteiger partial charge in [-0.2, -0.15) is 0 Å². The fourth-order valence-corrected chi connectivity index (χ4v) is 7.00. The van der Waals surface area contributed by atoms with E-state index in [1.54, 1.807) is 18.1 Å². The Morgan fingerprint density at radius 1 is 1.00 bits per heavy atom. The number of aromatic nitrogens is 1. The Morgan fingerprint density at radius 3 is 2.33 bits per heavy atom. The molecule has 5 rings (SSSR count). The van der Waals surface area contributed by atoms with E-state index in [2.05, 4.69) is 10.2 Å². The van der Waals surface area contributed by atoms with Gasteiger partial charge in [-0.05, 0) is 123 Å². The molecule has 2 amide bonds. The lowest BCUT2D eigenvalue weighted by molar-refractivity contribution is -0.155. The van der Waals surface area contributed by atoms with Crippen LogP contribution in [-0.2, 0) is 14.2 Å². The van der Waals surface area contributed by atoms with Gasteiger partial charge in [0.2, 0.25) is 0 Å². The van der Waals surface area contributed by atoms with Crippen molar-refractivity contribution in [2.75, 3.05) is 59.7 Å². The van der Waals surface area contributed by atoms with Crippen LogP contribution in [0.1, 0.15) is 89.3 Å². The molecule has 0 radical (unpaired) electrons. The Bertz CT molecular complexity index is 1620. The third kappa shape index (κ3) is 10.6. The van der Waals surface area contributed by atoms with E-state index in [0.717, 1.165) is 44.7 Å². The molecule has 2 fully saturated rings. The number of carbonyl (C=O) groups is 2. The molecular formula is C40H58N4O8. The van der Waals surface area contributed by atoms with Crippen LogP contribution in [0.5, 0.6) is 11.5 Å². The highest BCUT2D eigenvalue weighted by atomic mass is 16.7. The van der Waals surface area contributed by atoms with E-state index in [1.165, 1.54) is 12.8 Å². The van der Waals surface area contributed by atoms with Crippen molar-refractivity contribution in [1.29, 1.82) is 0 Å². The van der Waals surface area contributed by atoms with E-state index in [-0.39, 0.29) is 17.9 Å². The Kier molecular flexibility index (Phi) is 13.8. The van der Waals surface area contributed by atoms with Gasteiger partial charge in [0.25, 0.3) is 5.91 Å². The number of pyridine rings is 1. The number of aryl methyl sites for hydroxylation is 1. The molecule has 0 bridgehead atoms. The molecule has 52 heavy (non-hydrogen) atoms. The second-order valence-corrected chi connectivity index (χ2v) is 14.7. The second-order valence-electron chi connectivity index (χ2n) is 14.7. The van der Waals surface area contributed by atoms with Gasteiger partial charge >= 0.3 is 6.09 Å². The highest BCUT2D eigenvalue weighted by Crippen LogP contribution is 2.36. The van der Waals surface area contributed by atoms with Crippen LogP contribution >= 0.6 is 0 Å². The van der Waals surface area contributed by atoms with E-state index in [0.29, 0.717) is 78.8 Å². The van der Waals surface area contributed by atoms with Crippen LogP contribution in [0.25, 0.3) is 22.4 Å². The van der Waals surface area contributed by atoms with Crippen LogP contribution < -0.4 is 14.8 Å². The summed E-state index contributed by atoms with van der Waals surface area (Å²) in [7, 11) is 1.60. The number of hydrogen-bond acceptors (Lipinski definition) is 10. The molecule has 1 aromatic carbocycles. The van der Waals surface area contributed by atoms with Crippen LogP contribution in [0.15, 0.2) is 34.7 Å². The SMILES string of the molecule is CCOC(OCC)C(CC1CCN(C(=O)OC(C)(C)C)CC1)NC(=O)c1cc(-c2ccc(C)o2)nc2cc(OCCCN3CCCC3)c(OC)cc12.